The molecule has 1 aromatic carbocycles. The molecule has 1 saturated heterocycles. The molecule has 0 radical (unpaired) electrons. The molecule has 0 bridgehead atoms. The van der Waals surface area contributed by atoms with Crippen molar-refractivity contribution in [1.82, 2.24) is 10.2 Å². The van der Waals surface area contributed by atoms with Crippen LogP contribution in [0.1, 0.15) is 18.6 Å². The van der Waals surface area contributed by atoms with Gasteiger partial charge in [0.15, 0.2) is 0 Å². The van der Waals surface area contributed by atoms with Gasteiger partial charge in [-0.3, -0.25) is 4.79 Å². The van der Waals surface area contributed by atoms with Crippen LogP contribution < -0.4 is 5.32 Å². The zero-order chi connectivity index (χ0) is 16.3. The van der Waals surface area contributed by atoms with Gasteiger partial charge in [-0.25, -0.2) is 0 Å². The molecule has 1 aliphatic heterocycles. The Labute approximate surface area is 136 Å². The summed E-state index contributed by atoms with van der Waals surface area (Å²) in [5, 5.41) is 4.38. The molecule has 124 valence electrons. The van der Waals surface area contributed by atoms with Gasteiger partial charge < -0.3 is 19.4 Å². The number of hydrogen-bond donors (Lipinski definition) is 1. The Balaban J connectivity index is 1.75. The normalized spacial score (nSPS) is 17.3. The predicted molar refractivity (Wildman–Crippen MR) is 89.1 cm³/mol. The number of nitrogens with one attached hydrogen (secondary N) is 1. The first kappa shape index (κ1) is 16.0. The molecule has 1 N–H and O–H groups in total. The van der Waals surface area contributed by atoms with Crippen molar-refractivity contribution >= 4 is 16.9 Å². The number of amides is 1. The van der Waals surface area contributed by atoms with E-state index in [1.54, 1.807) is 12.0 Å². The summed E-state index contributed by atoms with van der Waals surface area (Å²) in [7, 11) is 3.51. The zero-order valence-corrected chi connectivity index (χ0v) is 13.8. The number of ether oxygens (including phenoxy) is 1. The maximum atomic E-state index is 13.0. The minimum atomic E-state index is -0.416. The first-order chi connectivity index (χ1) is 11.1. The third-order valence-electron chi connectivity index (χ3n) is 4.65. The summed E-state index contributed by atoms with van der Waals surface area (Å²) >= 11 is 0. The highest BCUT2D eigenvalue weighted by Gasteiger charge is 2.41. The van der Waals surface area contributed by atoms with E-state index in [4.69, 9.17) is 9.15 Å². The van der Waals surface area contributed by atoms with Gasteiger partial charge in [-0.2, -0.15) is 0 Å². The van der Waals surface area contributed by atoms with Crippen LogP contribution in [0.3, 0.4) is 0 Å². The van der Waals surface area contributed by atoms with E-state index in [1.807, 2.05) is 37.4 Å². The molecule has 1 aliphatic rings. The molecule has 0 spiro atoms. The van der Waals surface area contributed by atoms with Crippen LogP contribution >= 0.6 is 0 Å². The van der Waals surface area contributed by atoms with E-state index >= 15 is 0 Å². The predicted octanol–water partition coefficient (Wildman–Crippen LogP) is 2.41. The lowest BCUT2D eigenvalue weighted by Gasteiger charge is -2.38. The van der Waals surface area contributed by atoms with Gasteiger partial charge in [0.05, 0.1) is 18.6 Å². The zero-order valence-electron chi connectivity index (χ0n) is 13.8. The summed E-state index contributed by atoms with van der Waals surface area (Å²) in [4.78, 5) is 14.8. The highest BCUT2D eigenvalue weighted by Crippen LogP contribution is 2.32. The molecule has 0 aliphatic carbocycles. The highest BCUT2D eigenvalue weighted by molar-refractivity contribution is 5.83. The lowest BCUT2D eigenvalue weighted by atomic mass is 9.78. The molecule has 1 amide bonds. The molecular weight excluding hydrogens is 292 g/mol. The first-order valence-electron chi connectivity index (χ1n) is 8.07. The van der Waals surface area contributed by atoms with E-state index in [1.165, 1.54) is 0 Å². The third kappa shape index (κ3) is 3.26. The van der Waals surface area contributed by atoms with Gasteiger partial charge in [0.25, 0.3) is 0 Å². The molecule has 5 nitrogen and oxygen atoms in total. The number of furan rings is 1. The standard InChI is InChI=1S/C18H24N2O3/c1-20(12-15-11-14-5-3-4-6-16(14)23-15)17(21)18(13-22-2)7-9-19-10-8-18/h3-6,11,19H,7-10,12-13H2,1-2H3. The van der Waals surface area contributed by atoms with Crippen molar-refractivity contribution < 1.29 is 13.9 Å². The summed E-state index contributed by atoms with van der Waals surface area (Å²) in [5.74, 6) is 0.949. The third-order valence-corrected chi connectivity index (χ3v) is 4.65. The SMILES string of the molecule is COCC1(C(=O)N(C)Cc2cc3ccccc3o2)CCNCC1. The van der Waals surface area contributed by atoms with Gasteiger partial charge in [-0.1, -0.05) is 18.2 Å². The number of carbonyl (C=O) groups excluding carboxylic acids is 1. The molecule has 1 aromatic heterocycles. The number of piperidine rings is 1. The van der Waals surface area contributed by atoms with Crippen molar-refractivity contribution in [1.29, 1.82) is 0 Å². The van der Waals surface area contributed by atoms with E-state index in [0.29, 0.717) is 13.2 Å². The van der Waals surface area contributed by atoms with Gasteiger partial charge in [0.2, 0.25) is 5.91 Å². The van der Waals surface area contributed by atoms with Crippen LogP contribution in [0, 0.1) is 5.41 Å². The number of nitrogens with zero attached hydrogens (tertiary/aromatic N) is 1. The Morgan fingerprint density at radius 2 is 2.09 bits per heavy atom. The quantitative estimate of drug-likeness (QED) is 0.920. The Morgan fingerprint density at radius 3 is 2.78 bits per heavy atom. The van der Waals surface area contributed by atoms with Gasteiger partial charge in [0.1, 0.15) is 11.3 Å². The number of hydrogen-bond acceptors (Lipinski definition) is 4. The van der Waals surface area contributed by atoms with Gasteiger partial charge in [-0.05, 0) is 38.1 Å². The van der Waals surface area contributed by atoms with Crippen molar-refractivity contribution in [2.24, 2.45) is 5.41 Å². The van der Waals surface area contributed by atoms with Crippen LogP contribution in [-0.2, 0) is 16.1 Å². The summed E-state index contributed by atoms with van der Waals surface area (Å²) in [6, 6.07) is 9.90. The Kier molecular flexibility index (Phi) is 4.68. The molecule has 5 heteroatoms. The molecular formula is C18H24N2O3. The topological polar surface area (TPSA) is 54.7 Å². The maximum absolute atomic E-state index is 13.0. The number of rotatable bonds is 5. The Bertz CT molecular complexity index is 635. The minimum absolute atomic E-state index is 0.140. The van der Waals surface area contributed by atoms with E-state index in [0.717, 1.165) is 42.7 Å². The van der Waals surface area contributed by atoms with Crippen LogP contribution in [0.5, 0.6) is 0 Å². The largest absolute Gasteiger partial charge is 0.459 e. The van der Waals surface area contributed by atoms with Crippen molar-refractivity contribution in [2.45, 2.75) is 19.4 Å². The maximum Gasteiger partial charge on any atom is 0.231 e. The monoisotopic (exact) mass is 316 g/mol. The number of fused-ring (bicyclic) bond motifs is 1. The van der Waals surface area contributed by atoms with Crippen molar-refractivity contribution in [3.8, 4) is 0 Å². The lowest BCUT2D eigenvalue weighted by Crippen LogP contribution is -2.50. The molecule has 2 heterocycles. The van der Waals surface area contributed by atoms with Crippen LogP contribution in [0.2, 0.25) is 0 Å². The summed E-state index contributed by atoms with van der Waals surface area (Å²) in [5.41, 5.74) is 0.442. The van der Waals surface area contributed by atoms with E-state index in [9.17, 15) is 4.79 Å². The Hall–Kier alpha value is -1.85. The van der Waals surface area contributed by atoms with Crippen LogP contribution in [0.25, 0.3) is 11.0 Å². The highest BCUT2D eigenvalue weighted by atomic mass is 16.5. The molecule has 1 fully saturated rings. The van der Waals surface area contributed by atoms with Crippen molar-refractivity contribution in [3.05, 3.63) is 36.1 Å². The van der Waals surface area contributed by atoms with Crippen molar-refractivity contribution in [2.75, 3.05) is 33.9 Å². The molecule has 0 unspecified atom stereocenters. The van der Waals surface area contributed by atoms with E-state index < -0.39 is 5.41 Å². The Morgan fingerprint density at radius 1 is 1.35 bits per heavy atom. The van der Waals surface area contributed by atoms with Crippen LogP contribution in [-0.4, -0.2) is 44.7 Å². The fraction of sp³-hybridized carbons (Fsp3) is 0.500. The van der Waals surface area contributed by atoms with Crippen LogP contribution in [0.4, 0.5) is 0 Å². The molecule has 0 atom stereocenters. The van der Waals surface area contributed by atoms with Gasteiger partial charge >= 0.3 is 0 Å². The van der Waals surface area contributed by atoms with E-state index in [-0.39, 0.29) is 5.91 Å². The minimum Gasteiger partial charge on any atom is -0.459 e. The molecule has 0 saturated carbocycles. The fourth-order valence-corrected chi connectivity index (χ4v) is 3.43. The summed E-state index contributed by atoms with van der Waals surface area (Å²) in [6.07, 6.45) is 1.62. The smallest absolute Gasteiger partial charge is 0.231 e. The number of para-hydroxylation sites is 1. The molecule has 23 heavy (non-hydrogen) atoms. The number of methoxy groups -OCH3 is 1. The van der Waals surface area contributed by atoms with Crippen molar-refractivity contribution in [3.63, 3.8) is 0 Å². The fourth-order valence-electron chi connectivity index (χ4n) is 3.43. The average molecular weight is 316 g/mol. The van der Waals surface area contributed by atoms with Crippen LogP contribution in [0.15, 0.2) is 34.7 Å². The van der Waals surface area contributed by atoms with Gasteiger partial charge in [0, 0.05) is 19.5 Å². The molecule has 2 aromatic rings. The first-order valence-corrected chi connectivity index (χ1v) is 8.07. The summed E-state index contributed by atoms with van der Waals surface area (Å²) < 4.78 is 11.2. The number of carbonyl (C=O) groups is 1. The van der Waals surface area contributed by atoms with Gasteiger partial charge in [-0.15, -0.1) is 0 Å². The number of benzene rings is 1. The lowest BCUT2D eigenvalue weighted by molar-refractivity contribution is -0.147. The second-order valence-corrected chi connectivity index (χ2v) is 6.38. The second kappa shape index (κ2) is 6.72. The molecule has 3 rings (SSSR count). The van der Waals surface area contributed by atoms with E-state index in [2.05, 4.69) is 5.32 Å². The second-order valence-electron chi connectivity index (χ2n) is 6.38. The average Bonchev–Trinajstić information content (AvgIpc) is 2.97. The summed E-state index contributed by atoms with van der Waals surface area (Å²) in [6.45, 7) is 2.66.